The first kappa shape index (κ1) is 33.4. The lowest BCUT2D eigenvalue weighted by Crippen LogP contribution is -2.48. The Labute approximate surface area is 248 Å². The van der Waals surface area contributed by atoms with Crippen LogP contribution in [0.2, 0.25) is 0 Å². The van der Waals surface area contributed by atoms with E-state index in [1.54, 1.807) is 40.1 Å². The number of carbonyl (C=O) groups is 1. The van der Waals surface area contributed by atoms with E-state index in [-0.39, 0.29) is 23.0 Å². The molecule has 1 fully saturated rings. The van der Waals surface area contributed by atoms with Crippen molar-refractivity contribution in [3.8, 4) is 16.9 Å². The van der Waals surface area contributed by atoms with Crippen molar-refractivity contribution < 1.29 is 31.1 Å². The second kappa shape index (κ2) is 13.0. The Morgan fingerprint density at radius 3 is 2.29 bits per heavy atom. The van der Waals surface area contributed by atoms with Crippen LogP contribution in [0.3, 0.4) is 0 Å². The predicted molar refractivity (Wildman–Crippen MR) is 163 cm³/mol. The van der Waals surface area contributed by atoms with E-state index in [1.807, 2.05) is 0 Å². The van der Waals surface area contributed by atoms with E-state index in [0.717, 1.165) is 24.9 Å². The lowest BCUT2D eigenvalue weighted by molar-refractivity contribution is 0.0470. The first-order valence-electron chi connectivity index (χ1n) is 13.9. The molecule has 0 spiro atoms. The molecule has 1 aromatic heterocycles. The van der Waals surface area contributed by atoms with Crippen LogP contribution in [0.25, 0.3) is 11.1 Å². The minimum absolute atomic E-state index is 0.0310. The van der Waals surface area contributed by atoms with E-state index in [1.165, 1.54) is 43.7 Å². The maximum atomic E-state index is 13.0. The fourth-order valence-corrected chi connectivity index (χ4v) is 8.17. The average Bonchev–Trinajstić information content (AvgIpc) is 2.89. The van der Waals surface area contributed by atoms with Crippen molar-refractivity contribution in [1.82, 2.24) is 14.8 Å². The summed E-state index contributed by atoms with van der Waals surface area (Å²) in [7, 11) is -5.37. The number of rotatable bonds is 10. The lowest BCUT2D eigenvalue weighted by Gasteiger charge is -2.34. The first-order chi connectivity index (χ1) is 19.5. The number of ether oxygens (including phenoxy) is 2. The molecule has 3 rings (SSSR count). The van der Waals surface area contributed by atoms with Crippen LogP contribution in [0.1, 0.15) is 53.0 Å². The highest BCUT2D eigenvalue weighted by atomic mass is 32.3. The molecule has 1 atom stereocenters. The number of anilines is 1. The summed E-state index contributed by atoms with van der Waals surface area (Å²) in [6.45, 7) is 9.89. The zero-order valence-corrected chi connectivity index (χ0v) is 27.0. The van der Waals surface area contributed by atoms with Gasteiger partial charge in [-0.1, -0.05) is 6.07 Å². The molecule has 0 saturated carbocycles. The molecule has 1 aliphatic heterocycles. The molecule has 1 amide bonds. The van der Waals surface area contributed by atoms with Gasteiger partial charge < -0.3 is 19.4 Å². The summed E-state index contributed by atoms with van der Waals surface area (Å²) in [5, 5.41) is 2.94. The van der Waals surface area contributed by atoms with E-state index in [4.69, 9.17) is 9.47 Å². The fourth-order valence-electron chi connectivity index (χ4n) is 4.81. The van der Waals surface area contributed by atoms with Gasteiger partial charge in [-0.3, -0.25) is 9.69 Å². The molecular weight excluding hydrogens is 584 g/mol. The summed E-state index contributed by atoms with van der Waals surface area (Å²) < 4.78 is 64.8. The number of nitrogens with zero attached hydrogens (tertiary/aromatic N) is 3. The average molecular weight is 627 g/mol. The van der Waals surface area contributed by atoms with Gasteiger partial charge in [0.1, 0.15) is 11.4 Å². The van der Waals surface area contributed by atoms with E-state index in [2.05, 4.69) is 10.2 Å². The maximum absolute atomic E-state index is 13.0. The number of pyridine rings is 1. The summed E-state index contributed by atoms with van der Waals surface area (Å²) in [5.41, 5.74) is 0.829. The van der Waals surface area contributed by atoms with Crippen LogP contribution in [-0.2, 0) is 38.4 Å². The van der Waals surface area contributed by atoms with Crippen molar-refractivity contribution in [2.45, 2.75) is 65.6 Å². The van der Waals surface area contributed by atoms with Crippen LogP contribution in [0.4, 0.5) is 10.5 Å². The minimum Gasteiger partial charge on any atom is -0.496 e. The molecule has 12 nitrogen and oxygen atoms in total. The number of aromatic nitrogens is 1. The van der Waals surface area contributed by atoms with Gasteiger partial charge in [-0.25, -0.2) is 21.6 Å². The Morgan fingerprint density at radius 2 is 1.71 bits per heavy atom. The highest BCUT2D eigenvalue weighted by Gasteiger charge is 2.33. The van der Waals surface area contributed by atoms with Crippen LogP contribution in [0.5, 0.6) is 5.75 Å². The van der Waals surface area contributed by atoms with Crippen molar-refractivity contribution in [2.75, 3.05) is 35.4 Å². The van der Waals surface area contributed by atoms with Gasteiger partial charge in [-0.15, -0.1) is 0 Å². The number of nitrogens with one attached hydrogen (secondary N) is 1. The summed E-state index contributed by atoms with van der Waals surface area (Å²) in [6.07, 6.45) is 2.71. The standard InChI is InChI=1S/C28H42N4O8S2/c1-8-41(35,36)32(42(37,38)9-2)22-13-12-20(23(15-22)24-19-30(6)26(33)16-25(24)39-7)17-31-14-10-11-21(18-31)29-27(34)40-28(3,4)5/h12-13,15-16,19,21H,8-11,14,17-18H2,1-7H3,(H,29,34). The Hall–Kier alpha value is -3.10. The van der Waals surface area contributed by atoms with Gasteiger partial charge in [0.15, 0.2) is 0 Å². The van der Waals surface area contributed by atoms with E-state index < -0.39 is 43.2 Å². The number of sulfonamides is 2. The number of piperidine rings is 1. The van der Waals surface area contributed by atoms with Crippen LogP contribution in [-0.4, -0.2) is 75.7 Å². The van der Waals surface area contributed by atoms with Gasteiger partial charge in [0.05, 0.1) is 24.3 Å². The topological polar surface area (TPSA) is 144 Å². The van der Waals surface area contributed by atoms with Crippen molar-refractivity contribution in [3.05, 3.63) is 46.4 Å². The van der Waals surface area contributed by atoms with Crippen LogP contribution in [0, 0.1) is 0 Å². The number of methoxy groups -OCH3 is 1. The number of likely N-dealkylation sites (tertiary alicyclic amines) is 1. The van der Waals surface area contributed by atoms with Gasteiger partial charge in [0.2, 0.25) is 20.0 Å². The van der Waals surface area contributed by atoms with Gasteiger partial charge in [0.25, 0.3) is 5.56 Å². The van der Waals surface area contributed by atoms with Crippen LogP contribution >= 0.6 is 0 Å². The normalized spacial score (nSPS) is 16.6. The monoisotopic (exact) mass is 626 g/mol. The largest absolute Gasteiger partial charge is 0.496 e. The highest BCUT2D eigenvalue weighted by molar-refractivity contribution is 8.10. The predicted octanol–water partition coefficient (Wildman–Crippen LogP) is 3.06. The third kappa shape index (κ3) is 8.04. The van der Waals surface area contributed by atoms with Crippen molar-refractivity contribution >= 4 is 31.8 Å². The Bertz CT molecular complexity index is 1530. The van der Waals surface area contributed by atoms with Crippen LogP contribution < -0.4 is 19.3 Å². The molecule has 234 valence electrons. The number of hydrogen-bond acceptors (Lipinski definition) is 9. The van der Waals surface area contributed by atoms with E-state index in [9.17, 15) is 26.4 Å². The van der Waals surface area contributed by atoms with Crippen LogP contribution in [0.15, 0.2) is 35.3 Å². The number of hydrogen-bond donors (Lipinski definition) is 1. The third-order valence-electron chi connectivity index (χ3n) is 6.86. The smallest absolute Gasteiger partial charge is 0.407 e. The Kier molecular flexibility index (Phi) is 10.4. The van der Waals surface area contributed by atoms with E-state index >= 15 is 0 Å². The number of aryl methyl sites for hydroxylation is 1. The molecule has 14 heteroatoms. The van der Waals surface area contributed by atoms with Gasteiger partial charge in [-0.2, -0.15) is 3.71 Å². The molecule has 0 bridgehead atoms. The third-order valence-corrected chi connectivity index (χ3v) is 11.1. The van der Waals surface area contributed by atoms with Crippen molar-refractivity contribution in [1.29, 1.82) is 0 Å². The highest BCUT2D eigenvalue weighted by Crippen LogP contribution is 2.36. The number of amides is 1. The lowest BCUT2D eigenvalue weighted by atomic mass is 9.97. The molecule has 1 unspecified atom stereocenters. The molecule has 1 N–H and O–H groups in total. The van der Waals surface area contributed by atoms with Crippen molar-refractivity contribution in [3.63, 3.8) is 0 Å². The van der Waals surface area contributed by atoms with Gasteiger partial charge in [-0.05, 0) is 77.3 Å². The molecule has 0 radical (unpaired) electrons. The van der Waals surface area contributed by atoms with Gasteiger partial charge >= 0.3 is 6.09 Å². The number of benzene rings is 1. The number of alkyl carbamates (subject to hydrolysis) is 1. The molecule has 42 heavy (non-hydrogen) atoms. The van der Waals surface area contributed by atoms with Gasteiger partial charge in [0, 0.05) is 44.0 Å². The summed E-state index contributed by atoms with van der Waals surface area (Å²) in [6, 6.07) is 5.88. The summed E-state index contributed by atoms with van der Waals surface area (Å²) >= 11 is 0. The summed E-state index contributed by atoms with van der Waals surface area (Å²) in [5.74, 6) is -0.554. The first-order valence-corrected chi connectivity index (χ1v) is 17.1. The Morgan fingerprint density at radius 1 is 1.07 bits per heavy atom. The second-order valence-corrected chi connectivity index (χ2v) is 15.7. The molecule has 1 aromatic carbocycles. The van der Waals surface area contributed by atoms with Crippen molar-refractivity contribution in [2.24, 2.45) is 7.05 Å². The molecule has 1 saturated heterocycles. The maximum Gasteiger partial charge on any atom is 0.407 e. The molecule has 2 aromatic rings. The summed E-state index contributed by atoms with van der Waals surface area (Å²) in [4.78, 5) is 26.9. The zero-order chi connectivity index (χ0) is 31.5. The molecular formula is C28H42N4O8S2. The minimum atomic E-state index is -4.19. The number of carbonyl (C=O) groups excluding carboxylic acids is 1. The molecule has 1 aliphatic rings. The Balaban J connectivity index is 2.09. The van der Waals surface area contributed by atoms with E-state index in [0.29, 0.717) is 27.9 Å². The molecule has 0 aliphatic carbocycles. The SMILES string of the molecule is CCS(=O)(=O)N(c1ccc(CN2CCCC(NC(=O)OC(C)(C)C)C2)c(-c2cn(C)c(=O)cc2OC)c1)S(=O)(=O)CC. The fraction of sp³-hybridized carbons (Fsp3) is 0.571. The molecule has 2 heterocycles. The quantitative estimate of drug-likeness (QED) is 0.421. The zero-order valence-electron chi connectivity index (χ0n) is 25.3. The second-order valence-electron chi connectivity index (χ2n) is 11.3.